The van der Waals surface area contributed by atoms with Gasteiger partial charge in [0, 0.05) is 17.2 Å². The lowest BCUT2D eigenvalue weighted by molar-refractivity contribution is -0.385. The molecular formula is C15H17N5O4S. The normalized spacial score (nSPS) is 22.6. The number of nitro groups is 1. The molecule has 0 saturated carbocycles. The lowest BCUT2D eigenvalue weighted by Crippen LogP contribution is -2.70. The molecule has 1 aliphatic heterocycles. The highest BCUT2D eigenvalue weighted by molar-refractivity contribution is 8.00. The first kappa shape index (κ1) is 18.7. The maximum Gasteiger partial charge on any atom is 0.273 e. The summed E-state index contributed by atoms with van der Waals surface area (Å²) in [7, 11) is 0. The fourth-order valence-corrected chi connectivity index (χ4v) is 3.07. The Kier molecular flexibility index (Phi) is 5.97. The average molecular weight is 363 g/mol. The molecule has 5 N–H and O–H groups in total. The third kappa shape index (κ3) is 4.27. The maximum atomic E-state index is 12.4. The summed E-state index contributed by atoms with van der Waals surface area (Å²) in [5, 5.41) is 19.1. The standard InChI is InChI=1S/C15H17N5O4S/c1-3-7-25-15-18-12(16)11(14(22)19-15)17-13(21)9-5-4-6-10(8(9)2)20(23)24/h1,4-6,11-12,15,18H,7,16H2,2H3,(H,17,21)(H,19,22). The average Bonchev–Trinajstić information content (AvgIpc) is 2.56. The van der Waals surface area contributed by atoms with Crippen LogP contribution in [0.3, 0.4) is 0 Å². The van der Waals surface area contributed by atoms with Gasteiger partial charge in [0.1, 0.15) is 11.5 Å². The number of hydrogen-bond donors (Lipinski definition) is 4. The fraction of sp³-hybridized carbons (Fsp3) is 0.333. The van der Waals surface area contributed by atoms with Crippen LogP contribution in [-0.4, -0.2) is 40.2 Å². The minimum atomic E-state index is -1.02. The quantitative estimate of drug-likeness (QED) is 0.319. The Bertz CT molecular complexity index is 748. The van der Waals surface area contributed by atoms with E-state index < -0.39 is 34.4 Å². The number of nitrogens with one attached hydrogen (secondary N) is 3. The van der Waals surface area contributed by atoms with Crippen molar-refractivity contribution in [3.8, 4) is 12.3 Å². The molecule has 1 saturated heterocycles. The number of amides is 2. The molecule has 2 rings (SSSR count). The SMILES string of the molecule is C#CCSC1NC(=O)C(NC(=O)c2cccc([N+](=O)[O-])c2C)C(N)N1. The maximum absolute atomic E-state index is 12.4. The van der Waals surface area contributed by atoms with Gasteiger partial charge in [0.2, 0.25) is 5.91 Å². The van der Waals surface area contributed by atoms with Crippen LogP contribution in [0.1, 0.15) is 15.9 Å². The number of terminal acetylenes is 1. The van der Waals surface area contributed by atoms with Crippen molar-refractivity contribution in [2.75, 3.05) is 5.75 Å². The van der Waals surface area contributed by atoms with Gasteiger partial charge in [0.25, 0.3) is 11.6 Å². The van der Waals surface area contributed by atoms with Gasteiger partial charge in [-0.15, -0.1) is 18.2 Å². The van der Waals surface area contributed by atoms with E-state index in [-0.39, 0.29) is 16.8 Å². The van der Waals surface area contributed by atoms with E-state index in [9.17, 15) is 19.7 Å². The van der Waals surface area contributed by atoms with Gasteiger partial charge in [0.05, 0.1) is 16.8 Å². The van der Waals surface area contributed by atoms with Gasteiger partial charge in [-0.05, 0) is 13.0 Å². The largest absolute Gasteiger partial charge is 0.338 e. The second-order valence-electron chi connectivity index (χ2n) is 5.25. The molecule has 0 spiro atoms. The summed E-state index contributed by atoms with van der Waals surface area (Å²) in [4.78, 5) is 35.0. The van der Waals surface area contributed by atoms with Crippen LogP contribution in [0.4, 0.5) is 5.69 Å². The third-order valence-corrected chi connectivity index (χ3v) is 4.55. The van der Waals surface area contributed by atoms with Crippen molar-refractivity contribution in [1.82, 2.24) is 16.0 Å². The summed E-state index contributed by atoms with van der Waals surface area (Å²) in [6.45, 7) is 1.47. The molecule has 3 unspecified atom stereocenters. The molecule has 1 aromatic rings. The van der Waals surface area contributed by atoms with E-state index >= 15 is 0 Å². The van der Waals surface area contributed by atoms with Crippen molar-refractivity contribution in [2.24, 2.45) is 5.73 Å². The van der Waals surface area contributed by atoms with Crippen LogP contribution in [-0.2, 0) is 4.79 Å². The second kappa shape index (κ2) is 7.98. The number of carbonyl (C=O) groups excluding carboxylic acids is 2. The zero-order valence-corrected chi connectivity index (χ0v) is 14.1. The van der Waals surface area contributed by atoms with Crippen molar-refractivity contribution in [3.63, 3.8) is 0 Å². The first-order valence-corrected chi connectivity index (χ1v) is 8.32. The van der Waals surface area contributed by atoms with Crippen LogP contribution in [0.2, 0.25) is 0 Å². The Balaban J connectivity index is 2.11. The number of nitro benzene ring substituents is 1. The second-order valence-corrected chi connectivity index (χ2v) is 6.35. The van der Waals surface area contributed by atoms with Crippen molar-refractivity contribution in [3.05, 3.63) is 39.4 Å². The number of nitrogens with two attached hydrogens (primary N) is 1. The third-order valence-electron chi connectivity index (χ3n) is 3.63. The van der Waals surface area contributed by atoms with E-state index in [4.69, 9.17) is 12.2 Å². The van der Waals surface area contributed by atoms with Crippen molar-refractivity contribution in [1.29, 1.82) is 0 Å². The Morgan fingerprint density at radius 2 is 2.28 bits per heavy atom. The molecule has 1 heterocycles. The molecule has 1 aromatic carbocycles. The molecule has 0 aliphatic carbocycles. The summed E-state index contributed by atoms with van der Waals surface area (Å²) in [5.74, 6) is 1.74. The topological polar surface area (TPSA) is 139 Å². The fourth-order valence-electron chi connectivity index (χ4n) is 2.36. The molecule has 10 heteroatoms. The van der Waals surface area contributed by atoms with E-state index in [2.05, 4.69) is 21.9 Å². The molecule has 9 nitrogen and oxygen atoms in total. The summed E-state index contributed by atoms with van der Waals surface area (Å²) in [5.41, 5.74) is 5.61. The summed E-state index contributed by atoms with van der Waals surface area (Å²) in [6, 6.07) is 3.14. The van der Waals surface area contributed by atoms with E-state index in [0.717, 1.165) is 0 Å². The van der Waals surface area contributed by atoms with Gasteiger partial charge in [-0.3, -0.25) is 25.0 Å². The number of nitrogens with zero attached hydrogens (tertiary/aromatic N) is 1. The molecule has 0 radical (unpaired) electrons. The minimum absolute atomic E-state index is 0.109. The number of benzene rings is 1. The van der Waals surface area contributed by atoms with E-state index in [1.165, 1.54) is 36.9 Å². The molecule has 3 atom stereocenters. The van der Waals surface area contributed by atoms with Crippen molar-refractivity contribution >= 4 is 29.3 Å². The summed E-state index contributed by atoms with van der Waals surface area (Å²) < 4.78 is 0. The Morgan fingerprint density at radius 1 is 1.56 bits per heavy atom. The predicted molar refractivity (Wildman–Crippen MR) is 93.4 cm³/mol. The number of thioether (sulfide) groups is 1. The molecule has 25 heavy (non-hydrogen) atoms. The Hall–Kier alpha value is -2.61. The Morgan fingerprint density at radius 3 is 2.88 bits per heavy atom. The zero-order chi connectivity index (χ0) is 18.6. The molecule has 132 valence electrons. The zero-order valence-electron chi connectivity index (χ0n) is 13.3. The molecule has 0 aromatic heterocycles. The van der Waals surface area contributed by atoms with Gasteiger partial charge >= 0.3 is 0 Å². The molecule has 1 aliphatic rings. The van der Waals surface area contributed by atoms with Crippen LogP contribution >= 0.6 is 11.8 Å². The van der Waals surface area contributed by atoms with Crippen LogP contribution < -0.4 is 21.7 Å². The number of hydrogen-bond acceptors (Lipinski definition) is 7. The monoisotopic (exact) mass is 363 g/mol. The molecular weight excluding hydrogens is 346 g/mol. The highest BCUT2D eigenvalue weighted by atomic mass is 32.2. The predicted octanol–water partition coefficient (Wildman–Crippen LogP) is -0.344. The van der Waals surface area contributed by atoms with Crippen LogP contribution in [0.15, 0.2) is 18.2 Å². The number of rotatable bonds is 5. The highest BCUT2D eigenvalue weighted by Crippen LogP contribution is 2.21. The van der Waals surface area contributed by atoms with Gasteiger partial charge in [-0.25, -0.2) is 0 Å². The molecule has 1 fully saturated rings. The van der Waals surface area contributed by atoms with Gasteiger partial charge < -0.3 is 16.4 Å². The summed E-state index contributed by atoms with van der Waals surface area (Å²) in [6.07, 6.45) is 4.35. The van der Waals surface area contributed by atoms with Crippen LogP contribution in [0.5, 0.6) is 0 Å². The van der Waals surface area contributed by atoms with Crippen LogP contribution in [0, 0.1) is 29.4 Å². The summed E-state index contributed by atoms with van der Waals surface area (Å²) >= 11 is 1.28. The first-order chi connectivity index (χ1) is 11.8. The molecule has 0 bridgehead atoms. The molecule has 2 amide bonds. The first-order valence-electron chi connectivity index (χ1n) is 7.27. The van der Waals surface area contributed by atoms with Gasteiger partial charge in [0.15, 0.2) is 0 Å². The van der Waals surface area contributed by atoms with Crippen molar-refractivity contribution in [2.45, 2.75) is 24.6 Å². The van der Waals surface area contributed by atoms with Crippen molar-refractivity contribution < 1.29 is 14.5 Å². The smallest absolute Gasteiger partial charge is 0.273 e. The minimum Gasteiger partial charge on any atom is -0.338 e. The van der Waals surface area contributed by atoms with E-state index in [0.29, 0.717) is 5.75 Å². The highest BCUT2D eigenvalue weighted by Gasteiger charge is 2.35. The number of carbonyl (C=O) groups is 2. The lowest BCUT2D eigenvalue weighted by atomic mass is 10.0. The van der Waals surface area contributed by atoms with Gasteiger partial charge in [-0.1, -0.05) is 12.0 Å². The lowest BCUT2D eigenvalue weighted by Gasteiger charge is -2.35. The van der Waals surface area contributed by atoms with Crippen LogP contribution in [0.25, 0.3) is 0 Å². The Labute approximate surface area is 148 Å². The van der Waals surface area contributed by atoms with E-state index in [1.54, 1.807) is 0 Å². The van der Waals surface area contributed by atoms with E-state index in [1.807, 2.05) is 0 Å². The van der Waals surface area contributed by atoms with Gasteiger partial charge in [-0.2, -0.15) is 0 Å².